The second kappa shape index (κ2) is 7.91. The van der Waals surface area contributed by atoms with E-state index in [1.807, 2.05) is 12.1 Å². The molecule has 1 aliphatic rings. The molecule has 1 amide bonds. The number of benzene rings is 1. The van der Waals surface area contributed by atoms with Gasteiger partial charge in [0, 0.05) is 13.1 Å². The van der Waals surface area contributed by atoms with Gasteiger partial charge in [-0.3, -0.25) is 4.79 Å². The first kappa shape index (κ1) is 16.5. The minimum absolute atomic E-state index is 0.00150. The van der Waals surface area contributed by atoms with E-state index in [1.165, 1.54) is 7.11 Å². The third-order valence-electron chi connectivity index (χ3n) is 3.75. The van der Waals surface area contributed by atoms with Crippen molar-refractivity contribution >= 4 is 11.9 Å². The van der Waals surface area contributed by atoms with E-state index in [0.29, 0.717) is 25.1 Å². The summed E-state index contributed by atoms with van der Waals surface area (Å²) < 4.78 is 10.2. The Morgan fingerprint density at radius 3 is 2.64 bits per heavy atom. The van der Waals surface area contributed by atoms with Gasteiger partial charge in [-0.2, -0.15) is 0 Å². The summed E-state index contributed by atoms with van der Waals surface area (Å²) >= 11 is 0. The molecule has 22 heavy (non-hydrogen) atoms. The number of nitrogens with two attached hydrogens (primary N) is 1. The Hall–Kier alpha value is -1.92. The van der Waals surface area contributed by atoms with Crippen LogP contribution in [0.5, 0.6) is 0 Å². The van der Waals surface area contributed by atoms with Crippen molar-refractivity contribution in [2.75, 3.05) is 20.2 Å². The molecule has 2 atom stereocenters. The molecular weight excluding hydrogens is 284 g/mol. The second-order valence-electron chi connectivity index (χ2n) is 5.29. The van der Waals surface area contributed by atoms with E-state index in [0.717, 1.165) is 18.4 Å². The van der Waals surface area contributed by atoms with Crippen LogP contribution in [0.25, 0.3) is 0 Å². The number of ether oxygens (including phenoxy) is 2. The molecule has 0 spiro atoms. The maximum atomic E-state index is 11.9. The van der Waals surface area contributed by atoms with Crippen molar-refractivity contribution in [3.63, 3.8) is 0 Å². The molecule has 2 rings (SSSR count). The lowest BCUT2D eigenvalue weighted by Gasteiger charge is -2.12. The molecule has 120 valence electrons. The molecule has 3 N–H and O–H groups in total. The van der Waals surface area contributed by atoms with E-state index in [1.54, 1.807) is 12.1 Å². The third kappa shape index (κ3) is 4.29. The van der Waals surface area contributed by atoms with Crippen molar-refractivity contribution in [3.05, 3.63) is 35.4 Å². The summed E-state index contributed by atoms with van der Waals surface area (Å²) in [4.78, 5) is 23.3. The van der Waals surface area contributed by atoms with Crippen LogP contribution in [-0.2, 0) is 20.7 Å². The zero-order valence-corrected chi connectivity index (χ0v) is 12.7. The molecule has 1 aromatic rings. The number of esters is 1. The van der Waals surface area contributed by atoms with Gasteiger partial charge in [0.1, 0.15) is 6.10 Å². The number of amides is 1. The number of methoxy groups -OCH3 is 1. The molecule has 6 nitrogen and oxygen atoms in total. The van der Waals surface area contributed by atoms with Crippen molar-refractivity contribution < 1.29 is 19.1 Å². The summed E-state index contributed by atoms with van der Waals surface area (Å²) in [6.45, 7) is 0.986. The Morgan fingerprint density at radius 1 is 1.32 bits per heavy atom. The fourth-order valence-electron chi connectivity index (χ4n) is 2.44. The molecule has 1 saturated heterocycles. The molecule has 1 heterocycles. The predicted molar refractivity (Wildman–Crippen MR) is 81.4 cm³/mol. The fraction of sp³-hybridized carbons (Fsp3) is 0.500. The van der Waals surface area contributed by atoms with Gasteiger partial charge in [0.05, 0.1) is 18.8 Å². The Kier molecular flexibility index (Phi) is 5.91. The highest BCUT2D eigenvalue weighted by Gasteiger charge is 2.29. The van der Waals surface area contributed by atoms with Crippen molar-refractivity contribution in [3.8, 4) is 0 Å². The zero-order valence-electron chi connectivity index (χ0n) is 12.7. The summed E-state index contributed by atoms with van der Waals surface area (Å²) in [7, 11) is 1.35. The van der Waals surface area contributed by atoms with Gasteiger partial charge in [0.2, 0.25) is 5.91 Å². The van der Waals surface area contributed by atoms with Crippen LogP contribution >= 0.6 is 0 Å². The van der Waals surface area contributed by atoms with E-state index in [-0.39, 0.29) is 24.1 Å². The number of carbonyl (C=O) groups is 2. The van der Waals surface area contributed by atoms with Crippen LogP contribution in [0, 0.1) is 0 Å². The van der Waals surface area contributed by atoms with Crippen LogP contribution in [0.2, 0.25) is 0 Å². The van der Waals surface area contributed by atoms with Crippen LogP contribution < -0.4 is 11.1 Å². The maximum absolute atomic E-state index is 11.9. The van der Waals surface area contributed by atoms with Gasteiger partial charge in [0.15, 0.2) is 0 Å². The monoisotopic (exact) mass is 306 g/mol. The summed E-state index contributed by atoms with van der Waals surface area (Å²) in [6, 6.07) is 7.15. The van der Waals surface area contributed by atoms with Crippen LogP contribution in [0.15, 0.2) is 24.3 Å². The standard InChI is InChI=1S/C16H22N2O4/c1-21-16(20)12-4-2-11(3-5-12)8-9-18-15(19)14-7-6-13(10-17)22-14/h2-5,13-14H,6-10,17H2,1H3,(H,18,19)/t13-,14+/m1/s1. The van der Waals surface area contributed by atoms with E-state index >= 15 is 0 Å². The molecule has 1 aromatic carbocycles. The fourth-order valence-corrected chi connectivity index (χ4v) is 2.44. The highest BCUT2D eigenvalue weighted by atomic mass is 16.5. The normalized spacial score (nSPS) is 20.6. The Labute approximate surface area is 130 Å². The highest BCUT2D eigenvalue weighted by Crippen LogP contribution is 2.18. The Morgan fingerprint density at radius 2 is 2.05 bits per heavy atom. The minimum Gasteiger partial charge on any atom is -0.465 e. The van der Waals surface area contributed by atoms with Crippen LogP contribution in [-0.4, -0.2) is 44.3 Å². The SMILES string of the molecule is COC(=O)c1ccc(CCNC(=O)[C@@H]2CC[C@H](CN)O2)cc1. The minimum atomic E-state index is -0.379. The Balaban J connectivity index is 1.74. The quantitative estimate of drug-likeness (QED) is 0.753. The Bertz CT molecular complexity index is 515. The zero-order chi connectivity index (χ0) is 15.9. The summed E-state index contributed by atoms with van der Waals surface area (Å²) in [5, 5.41) is 2.87. The lowest BCUT2D eigenvalue weighted by molar-refractivity contribution is -0.131. The van der Waals surface area contributed by atoms with Crippen LogP contribution in [0.4, 0.5) is 0 Å². The molecule has 6 heteroatoms. The van der Waals surface area contributed by atoms with Crippen molar-refractivity contribution in [1.82, 2.24) is 5.32 Å². The largest absolute Gasteiger partial charge is 0.465 e. The maximum Gasteiger partial charge on any atom is 0.337 e. The van der Waals surface area contributed by atoms with Gasteiger partial charge >= 0.3 is 5.97 Å². The summed E-state index contributed by atoms with van der Waals surface area (Å²) in [5.74, 6) is -0.435. The van der Waals surface area contributed by atoms with E-state index in [9.17, 15) is 9.59 Å². The number of hydrogen-bond acceptors (Lipinski definition) is 5. The molecule has 0 aromatic heterocycles. The number of hydrogen-bond donors (Lipinski definition) is 2. The summed E-state index contributed by atoms with van der Waals surface area (Å²) in [5.41, 5.74) is 7.08. The summed E-state index contributed by atoms with van der Waals surface area (Å²) in [6.07, 6.45) is 1.88. The topological polar surface area (TPSA) is 90.7 Å². The molecule has 0 saturated carbocycles. The van der Waals surface area contributed by atoms with Crippen molar-refractivity contribution in [2.24, 2.45) is 5.73 Å². The van der Waals surface area contributed by atoms with E-state index in [4.69, 9.17) is 10.5 Å². The first-order valence-electron chi connectivity index (χ1n) is 7.44. The molecule has 0 aliphatic carbocycles. The van der Waals surface area contributed by atoms with Gasteiger partial charge in [-0.1, -0.05) is 12.1 Å². The lowest BCUT2D eigenvalue weighted by atomic mass is 10.1. The van der Waals surface area contributed by atoms with Gasteiger partial charge in [-0.15, -0.1) is 0 Å². The number of carbonyl (C=O) groups excluding carboxylic acids is 2. The number of nitrogens with one attached hydrogen (secondary N) is 1. The van der Waals surface area contributed by atoms with Crippen molar-refractivity contribution in [1.29, 1.82) is 0 Å². The molecule has 1 fully saturated rings. The first-order chi connectivity index (χ1) is 10.6. The first-order valence-corrected chi connectivity index (χ1v) is 7.44. The van der Waals surface area contributed by atoms with E-state index < -0.39 is 0 Å². The van der Waals surface area contributed by atoms with Crippen LogP contribution in [0.1, 0.15) is 28.8 Å². The van der Waals surface area contributed by atoms with Gasteiger partial charge in [0.25, 0.3) is 0 Å². The van der Waals surface area contributed by atoms with Crippen LogP contribution in [0.3, 0.4) is 0 Å². The molecule has 0 radical (unpaired) electrons. The third-order valence-corrected chi connectivity index (χ3v) is 3.75. The van der Waals surface area contributed by atoms with Crippen molar-refractivity contribution in [2.45, 2.75) is 31.5 Å². The average molecular weight is 306 g/mol. The molecule has 1 aliphatic heterocycles. The predicted octanol–water partition coefficient (Wildman–Crippen LogP) is 0.638. The smallest absolute Gasteiger partial charge is 0.337 e. The van der Waals surface area contributed by atoms with E-state index in [2.05, 4.69) is 10.1 Å². The van der Waals surface area contributed by atoms with Gasteiger partial charge < -0.3 is 20.5 Å². The molecule has 0 unspecified atom stereocenters. The highest BCUT2D eigenvalue weighted by molar-refractivity contribution is 5.89. The van der Waals surface area contributed by atoms with Gasteiger partial charge in [-0.05, 0) is 37.0 Å². The number of rotatable bonds is 6. The lowest BCUT2D eigenvalue weighted by Crippen LogP contribution is -2.36. The molecule has 0 bridgehead atoms. The second-order valence-corrected chi connectivity index (χ2v) is 5.29. The van der Waals surface area contributed by atoms with Gasteiger partial charge in [-0.25, -0.2) is 4.79 Å². The average Bonchev–Trinajstić information content (AvgIpc) is 3.04. The molecular formula is C16H22N2O4.